The first-order valence-corrected chi connectivity index (χ1v) is 9.37. The molecule has 154 valence electrons. The fourth-order valence-corrected chi connectivity index (χ4v) is 3.37. The Morgan fingerprint density at radius 3 is 2.61 bits per heavy atom. The number of amides is 1. The number of para-hydroxylation sites is 1. The number of benzene rings is 2. The maximum absolute atomic E-state index is 13.0. The molecule has 0 atom stereocenters. The molecule has 0 unspecified atom stereocenters. The van der Waals surface area contributed by atoms with Crippen LogP contribution in [0, 0.1) is 24.0 Å². The van der Waals surface area contributed by atoms with Gasteiger partial charge >= 0.3 is 0 Å². The average molecular weight is 415 g/mol. The molecule has 1 N–H and O–H groups in total. The number of carbonyl (C=O) groups excluding carboxylic acids is 1. The number of fused-ring (bicyclic) bond motifs is 1. The number of nitro benzene ring substituents is 1. The van der Waals surface area contributed by atoms with Gasteiger partial charge in [-0.05, 0) is 55.8 Å². The van der Waals surface area contributed by atoms with Crippen LogP contribution in [0.15, 0.2) is 65.6 Å². The summed E-state index contributed by atoms with van der Waals surface area (Å²) in [7, 11) is 0. The number of rotatable bonds is 4. The highest BCUT2D eigenvalue weighted by atomic mass is 16.6. The van der Waals surface area contributed by atoms with Gasteiger partial charge in [0.25, 0.3) is 17.2 Å². The molecular formula is C22H17N5O4. The molecule has 0 spiro atoms. The monoisotopic (exact) mass is 415 g/mol. The minimum atomic E-state index is -0.596. The molecule has 2 aromatic heterocycles. The van der Waals surface area contributed by atoms with Crippen LogP contribution < -0.4 is 10.9 Å². The lowest BCUT2D eigenvalue weighted by atomic mass is 10.1. The summed E-state index contributed by atoms with van der Waals surface area (Å²) in [6.45, 7) is 3.49. The zero-order valence-electron chi connectivity index (χ0n) is 16.7. The fraction of sp³-hybridized carbons (Fsp3) is 0.0909. The average Bonchev–Trinajstić information content (AvgIpc) is 2.75. The van der Waals surface area contributed by atoms with Crippen LogP contribution in [0.25, 0.3) is 16.7 Å². The van der Waals surface area contributed by atoms with E-state index in [2.05, 4.69) is 15.3 Å². The van der Waals surface area contributed by atoms with E-state index >= 15 is 0 Å². The van der Waals surface area contributed by atoms with Crippen LogP contribution in [0.3, 0.4) is 0 Å². The number of anilines is 1. The number of aromatic nitrogens is 3. The van der Waals surface area contributed by atoms with Crippen molar-refractivity contribution in [3.63, 3.8) is 0 Å². The molecule has 4 aromatic rings. The van der Waals surface area contributed by atoms with Crippen molar-refractivity contribution in [3.05, 3.63) is 98.2 Å². The van der Waals surface area contributed by atoms with Crippen molar-refractivity contribution in [3.8, 4) is 5.69 Å². The molecule has 31 heavy (non-hydrogen) atoms. The molecule has 0 radical (unpaired) electrons. The first-order valence-electron chi connectivity index (χ1n) is 9.37. The highest BCUT2D eigenvalue weighted by Gasteiger charge is 2.20. The largest absolute Gasteiger partial charge is 0.322 e. The summed E-state index contributed by atoms with van der Waals surface area (Å²) in [5, 5.41) is 14.3. The number of carbonyl (C=O) groups is 1. The molecule has 0 saturated carbocycles. The standard InChI is InChI=1S/C22H17N5O4/c1-13-12-15(26-14(2)24-20-17(22(26)29)7-5-11-23-20)9-10-18(13)25-21(28)16-6-3-4-8-19(16)27(30)31/h3-12H,1-2H3,(H,25,28). The van der Waals surface area contributed by atoms with Crippen LogP contribution in [-0.4, -0.2) is 25.4 Å². The van der Waals surface area contributed by atoms with E-state index in [1.807, 2.05) is 0 Å². The highest BCUT2D eigenvalue weighted by molar-refractivity contribution is 6.07. The Morgan fingerprint density at radius 2 is 1.87 bits per heavy atom. The molecule has 4 rings (SSSR count). The van der Waals surface area contributed by atoms with Crippen LogP contribution in [0.1, 0.15) is 21.7 Å². The Labute approximate surface area is 176 Å². The Balaban J connectivity index is 1.70. The lowest BCUT2D eigenvalue weighted by Gasteiger charge is -2.14. The Bertz CT molecular complexity index is 1410. The number of nitro groups is 1. The zero-order valence-corrected chi connectivity index (χ0v) is 16.7. The molecule has 0 aliphatic rings. The van der Waals surface area contributed by atoms with Gasteiger partial charge in [-0.2, -0.15) is 0 Å². The van der Waals surface area contributed by atoms with Crippen molar-refractivity contribution in [2.24, 2.45) is 0 Å². The smallest absolute Gasteiger partial charge is 0.282 e. The first kappa shape index (κ1) is 19.9. The van der Waals surface area contributed by atoms with Gasteiger partial charge in [-0.25, -0.2) is 9.97 Å². The molecule has 0 saturated heterocycles. The summed E-state index contributed by atoms with van der Waals surface area (Å²) in [4.78, 5) is 44.7. The molecule has 2 aromatic carbocycles. The fourth-order valence-electron chi connectivity index (χ4n) is 3.37. The number of nitrogens with zero attached hydrogens (tertiary/aromatic N) is 4. The lowest BCUT2D eigenvalue weighted by molar-refractivity contribution is -0.385. The third-order valence-corrected chi connectivity index (χ3v) is 4.87. The van der Waals surface area contributed by atoms with Gasteiger partial charge in [0.15, 0.2) is 5.65 Å². The number of aryl methyl sites for hydroxylation is 2. The molecule has 9 nitrogen and oxygen atoms in total. The maximum atomic E-state index is 13.0. The maximum Gasteiger partial charge on any atom is 0.282 e. The van der Waals surface area contributed by atoms with Crippen molar-refractivity contribution in [1.29, 1.82) is 0 Å². The summed E-state index contributed by atoms with van der Waals surface area (Å²) in [6, 6.07) is 14.2. The van der Waals surface area contributed by atoms with Crippen LogP contribution in [-0.2, 0) is 0 Å². The van der Waals surface area contributed by atoms with Crippen molar-refractivity contribution in [2.75, 3.05) is 5.32 Å². The van der Waals surface area contributed by atoms with E-state index in [1.165, 1.54) is 22.8 Å². The molecular weight excluding hydrogens is 398 g/mol. The number of nitrogens with one attached hydrogen (secondary N) is 1. The summed E-state index contributed by atoms with van der Waals surface area (Å²) in [5.41, 5.74) is 1.58. The predicted octanol–water partition coefficient (Wildman–Crippen LogP) is 3.56. The van der Waals surface area contributed by atoms with Gasteiger partial charge in [-0.15, -0.1) is 0 Å². The van der Waals surface area contributed by atoms with Crippen molar-refractivity contribution in [1.82, 2.24) is 14.5 Å². The third kappa shape index (κ3) is 3.64. The number of pyridine rings is 1. The Hall–Kier alpha value is -4.40. The van der Waals surface area contributed by atoms with Gasteiger partial charge in [0.2, 0.25) is 0 Å². The molecule has 0 bridgehead atoms. The molecule has 2 heterocycles. The van der Waals surface area contributed by atoms with E-state index in [1.54, 1.807) is 56.4 Å². The van der Waals surface area contributed by atoms with Gasteiger partial charge < -0.3 is 5.32 Å². The van der Waals surface area contributed by atoms with Crippen LogP contribution in [0.4, 0.5) is 11.4 Å². The molecule has 0 aliphatic heterocycles. The topological polar surface area (TPSA) is 120 Å². The summed E-state index contributed by atoms with van der Waals surface area (Å²) in [5.74, 6) is -0.109. The van der Waals surface area contributed by atoms with Crippen LogP contribution in [0.2, 0.25) is 0 Å². The normalized spacial score (nSPS) is 10.8. The van der Waals surface area contributed by atoms with E-state index in [0.29, 0.717) is 33.8 Å². The van der Waals surface area contributed by atoms with E-state index in [0.717, 1.165) is 0 Å². The van der Waals surface area contributed by atoms with Gasteiger partial charge in [0.1, 0.15) is 11.4 Å². The molecule has 1 amide bonds. The summed E-state index contributed by atoms with van der Waals surface area (Å²) < 4.78 is 1.48. The van der Waals surface area contributed by atoms with Gasteiger partial charge in [-0.3, -0.25) is 24.3 Å². The van der Waals surface area contributed by atoms with Crippen molar-refractivity contribution < 1.29 is 9.72 Å². The SMILES string of the molecule is Cc1cc(-n2c(C)nc3ncccc3c2=O)ccc1NC(=O)c1ccccc1[N+](=O)[O-]. The second-order valence-corrected chi connectivity index (χ2v) is 6.90. The predicted molar refractivity (Wildman–Crippen MR) is 116 cm³/mol. The minimum absolute atomic E-state index is 0.0331. The molecule has 0 fully saturated rings. The van der Waals surface area contributed by atoms with Gasteiger partial charge in [-0.1, -0.05) is 12.1 Å². The zero-order chi connectivity index (χ0) is 22.1. The molecule has 0 aliphatic carbocycles. The van der Waals surface area contributed by atoms with E-state index in [-0.39, 0.29) is 16.8 Å². The second-order valence-electron chi connectivity index (χ2n) is 6.90. The quantitative estimate of drug-likeness (QED) is 0.402. The Morgan fingerprint density at radius 1 is 1.10 bits per heavy atom. The Kier molecular flexibility index (Phi) is 5.00. The first-order chi connectivity index (χ1) is 14.9. The van der Waals surface area contributed by atoms with Gasteiger partial charge in [0.05, 0.1) is 16.0 Å². The molecule has 9 heteroatoms. The van der Waals surface area contributed by atoms with E-state index in [9.17, 15) is 19.7 Å². The van der Waals surface area contributed by atoms with E-state index in [4.69, 9.17) is 0 Å². The van der Waals surface area contributed by atoms with E-state index < -0.39 is 10.8 Å². The summed E-state index contributed by atoms with van der Waals surface area (Å²) >= 11 is 0. The van der Waals surface area contributed by atoms with Crippen LogP contribution in [0.5, 0.6) is 0 Å². The van der Waals surface area contributed by atoms with Crippen LogP contribution >= 0.6 is 0 Å². The highest BCUT2D eigenvalue weighted by Crippen LogP contribution is 2.23. The summed E-state index contributed by atoms with van der Waals surface area (Å²) in [6.07, 6.45) is 1.58. The lowest BCUT2D eigenvalue weighted by Crippen LogP contribution is -2.23. The number of hydrogen-bond donors (Lipinski definition) is 1. The minimum Gasteiger partial charge on any atom is -0.322 e. The van der Waals surface area contributed by atoms with Gasteiger partial charge in [0, 0.05) is 18.0 Å². The van der Waals surface area contributed by atoms with Crippen molar-refractivity contribution >= 4 is 28.3 Å². The van der Waals surface area contributed by atoms with Crippen molar-refractivity contribution in [2.45, 2.75) is 13.8 Å². The number of hydrogen-bond acceptors (Lipinski definition) is 6. The third-order valence-electron chi connectivity index (χ3n) is 4.87. The second kappa shape index (κ2) is 7.79.